The van der Waals surface area contributed by atoms with E-state index in [1.54, 1.807) is 6.07 Å². The van der Waals surface area contributed by atoms with Crippen molar-refractivity contribution in [2.24, 2.45) is 11.3 Å². The van der Waals surface area contributed by atoms with E-state index in [9.17, 15) is 9.18 Å². The van der Waals surface area contributed by atoms with E-state index < -0.39 is 5.95 Å². The van der Waals surface area contributed by atoms with Crippen LogP contribution in [0.3, 0.4) is 0 Å². The van der Waals surface area contributed by atoms with Crippen LogP contribution in [-0.2, 0) is 0 Å². The summed E-state index contributed by atoms with van der Waals surface area (Å²) in [4.78, 5) is 17.7. The summed E-state index contributed by atoms with van der Waals surface area (Å²) in [7, 11) is 0. The first-order valence-corrected chi connectivity index (χ1v) is 7.29. The molecule has 110 valence electrons. The second-order valence-corrected chi connectivity index (χ2v) is 6.65. The van der Waals surface area contributed by atoms with Crippen LogP contribution in [0, 0.1) is 17.3 Å². The highest BCUT2D eigenvalue weighted by molar-refractivity contribution is 5.94. The monoisotopic (exact) mass is 278 g/mol. The highest BCUT2D eigenvalue weighted by atomic mass is 19.1. The highest BCUT2D eigenvalue weighted by Gasteiger charge is 2.28. The molecule has 1 aliphatic rings. The molecule has 1 atom stereocenters. The maximum atomic E-state index is 13.1. The zero-order valence-corrected chi connectivity index (χ0v) is 12.5. The summed E-state index contributed by atoms with van der Waals surface area (Å²) in [6, 6.07) is 2.80. The molecule has 2 heterocycles. The minimum atomic E-state index is -0.599. The van der Waals surface area contributed by atoms with E-state index >= 15 is 0 Å². The first-order chi connectivity index (χ1) is 9.38. The normalized spacial score (nSPS) is 20.6. The molecule has 0 bridgehead atoms. The summed E-state index contributed by atoms with van der Waals surface area (Å²) >= 11 is 0. The minimum Gasteiger partial charge on any atom is -0.339 e. The van der Waals surface area contributed by atoms with Crippen molar-refractivity contribution in [1.29, 1.82) is 0 Å². The van der Waals surface area contributed by atoms with Gasteiger partial charge in [0.05, 0.1) is 0 Å². The fourth-order valence-electron chi connectivity index (χ4n) is 2.88. The van der Waals surface area contributed by atoms with E-state index in [1.807, 2.05) is 4.90 Å². The van der Waals surface area contributed by atoms with Gasteiger partial charge in [0.1, 0.15) is 0 Å². The van der Waals surface area contributed by atoms with E-state index in [-0.39, 0.29) is 11.3 Å². The number of aromatic nitrogens is 1. The molecule has 0 aromatic carbocycles. The zero-order valence-electron chi connectivity index (χ0n) is 12.5. The zero-order chi connectivity index (χ0) is 14.8. The average Bonchev–Trinajstić information content (AvgIpc) is 2.63. The Morgan fingerprint density at radius 3 is 2.75 bits per heavy atom. The third-order valence-corrected chi connectivity index (χ3v) is 4.21. The van der Waals surface area contributed by atoms with Crippen molar-refractivity contribution in [3.63, 3.8) is 0 Å². The fourth-order valence-corrected chi connectivity index (χ4v) is 2.88. The van der Waals surface area contributed by atoms with Crippen molar-refractivity contribution < 1.29 is 9.18 Å². The van der Waals surface area contributed by atoms with Crippen LogP contribution in [0.4, 0.5) is 4.39 Å². The molecule has 1 aromatic rings. The number of likely N-dealkylation sites (tertiary alicyclic amines) is 1. The largest absolute Gasteiger partial charge is 0.339 e. The maximum absolute atomic E-state index is 13.1. The van der Waals surface area contributed by atoms with Gasteiger partial charge in [-0.15, -0.1) is 0 Å². The first kappa shape index (κ1) is 14.9. The summed E-state index contributed by atoms with van der Waals surface area (Å²) < 4.78 is 13.1. The Kier molecular flexibility index (Phi) is 4.41. The predicted molar refractivity (Wildman–Crippen MR) is 76.9 cm³/mol. The van der Waals surface area contributed by atoms with Gasteiger partial charge >= 0.3 is 0 Å². The lowest BCUT2D eigenvalue weighted by Gasteiger charge is -2.29. The van der Waals surface area contributed by atoms with E-state index in [1.165, 1.54) is 12.3 Å². The number of pyridine rings is 1. The van der Waals surface area contributed by atoms with Gasteiger partial charge in [-0.1, -0.05) is 20.8 Å². The van der Waals surface area contributed by atoms with Crippen LogP contribution < -0.4 is 0 Å². The molecule has 2 rings (SSSR count). The van der Waals surface area contributed by atoms with E-state index in [4.69, 9.17) is 0 Å². The number of rotatable bonds is 1. The Bertz CT molecular complexity index is 482. The van der Waals surface area contributed by atoms with E-state index in [0.717, 1.165) is 32.4 Å². The topological polar surface area (TPSA) is 33.2 Å². The number of halogens is 1. The van der Waals surface area contributed by atoms with Gasteiger partial charge in [-0.05, 0) is 36.7 Å². The lowest BCUT2D eigenvalue weighted by atomic mass is 9.77. The Balaban J connectivity index is 2.05. The lowest BCUT2D eigenvalue weighted by molar-refractivity contribution is 0.0755. The molecular formula is C16H23FN2O. The van der Waals surface area contributed by atoms with Crippen LogP contribution in [-0.4, -0.2) is 28.9 Å². The van der Waals surface area contributed by atoms with Crippen LogP contribution in [0.2, 0.25) is 0 Å². The molecule has 1 unspecified atom stereocenters. The fraction of sp³-hybridized carbons (Fsp3) is 0.625. The van der Waals surface area contributed by atoms with Crippen molar-refractivity contribution >= 4 is 5.91 Å². The summed E-state index contributed by atoms with van der Waals surface area (Å²) in [6.07, 6.45) is 4.53. The number of carbonyl (C=O) groups excluding carboxylic acids is 1. The van der Waals surface area contributed by atoms with Crippen LogP contribution >= 0.6 is 0 Å². The third kappa shape index (κ3) is 3.56. The number of amides is 1. The second-order valence-electron chi connectivity index (χ2n) is 6.65. The number of nitrogens with zero attached hydrogens (tertiary/aromatic N) is 2. The smallest absolute Gasteiger partial charge is 0.254 e. The molecular weight excluding hydrogens is 255 g/mol. The molecule has 0 radical (unpaired) electrons. The lowest BCUT2D eigenvalue weighted by Crippen LogP contribution is -2.32. The van der Waals surface area contributed by atoms with Crippen molar-refractivity contribution in [3.05, 3.63) is 29.8 Å². The molecule has 0 aliphatic carbocycles. The first-order valence-electron chi connectivity index (χ1n) is 7.29. The molecule has 20 heavy (non-hydrogen) atoms. The van der Waals surface area contributed by atoms with Crippen molar-refractivity contribution in [2.75, 3.05) is 13.1 Å². The molecule has 1 aliphatic heterocycles. The number of hydrogen-bond donors (Lipinski definition) is 0. The van der Waals surface area contributed by atoms with Crippen molar-refractivity contribution in [3.8, 4) is 0 Å². The molecule has 0 saturated carbocycles. The standard InChI is InChI=1S/C16H23FN2O/c1-16(2,3)13-5-4-9-19(10-7-13)15(20)12-6-8-18-14(17)11-12/h6,8,11,13H,4-5,7,9-10H2,1-3H3. The summed E-state index contributed by atoms with van der Waals surface area (Å²) in [5.41, 5.74) is 0.675. The minimum absolute atomic E-state index is 0.0825. The number of carbonyl (C=O) groups is 1. The van der Waals surface area contributed by atoms with E-state index in [2.05, 4.69) is 25.8 Å². The van der Waals surface area contributed by atoms with Crippen molar-refractivity contribution in [2.45, 2.75) is 40.0 Å². The summed E-state index contributed by atoms with van der Waals surface area (Å²) in [5.74, 6) is -0.0476. The van der Waals surface area contributed by atoms with Gasteiger partial charge in [-0.25, -0.2) is 4.98 Å². The van der Waals surface area contributed by atoms with Gasteiger partial charge in [0.25, 0.3) is 5.91 Å². The van der Waals surface area contributed by atoms with Crippen LogP contribution in [0.25, 0.3) is 0 Å². The van der Waals surface area contributed by atoms with Gasteiger partial charge in [0.15, 0.2) is 0 Å². The predicted octanol–water partition coefficient (Wildman–Crippen LogP) is 3.51. The SMILES string of the molecule is CC(C)(C)C1CCCN(C(=O)c2ccnc(F)c2)CC1. The summed E-state index contributed by atoms with van der Waals surface area (Å²) in [5, 5.41) is 0. The average molecular weight is 278 g/mol. The van der Waals surface area contributed by atoms with Gasteiger partial charge < -0.3 is 4.90 Å². The Hall–Kier alpha value is -1.45. The quantitative estimate of drug-likeness (QED) is 0.736. The van der Waals surface area contributed by atoms with Gasteiger partial charge in [-0.3, -0.25) is 4.79 Å². The van der Waals surface area contributed by atoms with Gasteiger partial charge in [-0.2, -0.15) is 4.39 Å². The molecule has 1 saturated heterocycles. The van der Waals surface area contributed by atoms with Gasteiger partial charge in [0.2, 0.25) is 5.95 Å². The van der Waals surface area contributed by atoms with E-state index in [0.29, 0.717) is 11.5 Å². The molecule has 1 fully saturated rings. The molecule has 0 spiro atoms. The number of hydrogen-bond acceptors (Lipinski definition) is 2. The van der Waals surface area contributed by atoms with Crippen molar-refractivity contribution in [1.82, 2.24) is 9.88 Å². The van der Waals surface area contributed by atoms with Crippen LogP contribution in [0.5, 0.6) is 0 Å². The van der Waals surface area contributed by atoms with Crippen LogP contribution in [0.15, 0.2) is 18.3 Å². The molecule has 1 amide bonds. The Labute approximate surface area is 120 Å². The maximum Gasteiger partial charge on any atom is 0.254 e. The molecule has 3 nitrogen and oxygen atoms in total. The molecule has 4 heteroatoms. The molecule has 0 N–H and O–H groups in total. The molecule has 1 aromatic heterocycles. The van der Waals surface area contributed by atoms with Gasteiger partial charge in [0, 0.05) is 30.9 Å². The summed E-state index contributed by atoms with van der Waals surface area (Å²) in [6.45, 7) is 8.29. The highest BCUT2D eigenvalue weighted by Crippen LogP contribution is 2.34. The van der Waals surface area contributed by atoms with Crippen LogP contribution in [0.1, 0.15) is 50.4 Å². The Morgan fingerprint density at radius 2 is 2.10 bits per heavy atom. The Morgan fingerprint density at radius 1 is 1.35 bits per heavy atom. The third-order valence-electron chi connectivity index (χ3n) is 4.21. The second kappa shape index (κ2) is 5.90.